The Kier molecular flexibility index (Phi) is 5.60. The molecule has 5 aliphatic rings. The maximum atomic E-state index is 13.2. The summed E-state index contributed by atoms with van der Waals surface area (Å²) in [5, 5.41) is 3.88. The molecule has 1 aliphatic heterocycles. The van der Waals surface area contributed by atoms with Gasteiger partial charge in [0, 0.05) is 36.7 Å². The summed E-state index contributed by atoms with van der Waals surface area (Å²) in [5.41, 5.74) is 0.0117. The predicted molar refractivity (Wildman–Crippen MR) is 120 cm³/mol. The van der Waals surface area contributed by atoms with Crippen LogP contribution >= 0.6 is 11.6 Å². The van der Waals surface area contributed by atoms with Gasteiger partial charge in [0.2, 0.25) is 15.9 Å². The Morgan fingerprint density at radius 2 is 1.65 bits per heavy atom. The second-order valence-electron chi connectivity index (χ2n) is 10.3. The van der Waals surface area contributed by atoms with Crippen LogP contribution < -0.4 is 5.32 Å². The molecule has 4 aliphatic carbocycles. The quantitative estimate of drug-likeness (QED) is 0.725. The lowest BCUT2D eigenvalue weighted by Gasteiger charge is -2.57. The molecule has 6 rings (SSSR count). The lowest BCUT2D eigenvalue weighted by molar-refractivity contribution is -0.132. The van der Waals surface area contributed by atoms with Crippen LogP contribution in [0, 0.1) is 17.8 Å². The first-order chi connectivity index (χ1) is 14.7. The predicted octanol–water partition coefficient (Wildman–Crippen LogP) is 3.12. The third-order valence-electron chi connectivity index (χ3n) is 8.06. The Morgan fingerprint density at radius 3 is 2.19 bits per heavy atom. The number of carbonyl (C=O) groups excluding carboxylic acids is 1. The standard InChI is InChI=1S/C23H32ClN3O3S/c1-16(22(28)25-23-13-17-9-18(14-23)11-19(10-17)15-23)26-5-7-27(8-6-26)31(29,30)21-4-2-3-20(24)12-21/h2-4,12,16-19H,5-11,13-15H2,1H3,(H,25,28)/t16-,17?,18?,19?,23?/m1/s1. The molecule has 8 heteroatoms. The monoisotopic (exact) mass is 465 g/mol. The van der Waals surface area contributed by atoms with Crippen molar-refractivity contribution in [2.75, 3.05) is 26.2 Å². The summed E-state index contributed by atoms with van der Waals surface area (Å²) in [7, 11) is -3.57. The van der Waals surface area contributed by atoms with Crippen LogP contribution in [0.15, 0.2) is 29.2 Å². The van der Waals surface area contributed by atoms with Crippen molar-refractivity contribution in [3.05, 3.63) is 29.3 Å². The first-order valence-electron chi connectivity index (χ1n) is 11.6. The van der Waals surface area contributed by atoms with Gasteiger partial charge in [0.05, 0.1) is 10.9 Å². The number of halogens is 1. The number of benzene rings is 1. The fourth-order valence-electron chi connectivity index (χ4n) is 6.90. The van der Waals surface area contributed by atoms with Gasteiger partial charge in [-0.15, -0.1) is 0 Å². The zero-order chi connectivity index (χ0) is 21.8. The summed E-state index contributed by atoms with van der Waals surface area (Å²) in [6, 6.07) is 6.15. The van der Waals surface area contributed by atoms with Crippen molar-refractivity contribution >= 4 is 27.5 Å². The molecule has 0 aromatic heterocycles. The van der Waals surface area contributed by atoms with E-state index < -0.39 is 10.0 Å². The van der Waals surface area contributed by atoms with E-state index in [1.54, 1.807) is 18.2 Å². The van der Waals surface area contributed by atoms with Crippen molar-refractivity contribution < 1.29 is 13.2 Å². The molecule has 1 saturated heterocycles. The summed E-state index contributed by atoms with van der Waals surface area (Å²) in [4.78, 5) is 15.5. The van der Waals surface area contributed by atoms with Crippen LogP contribution in [0.25, 0.3) is 0 Å². The molecule has 5 fully saturated rings. The number of amides is 1. The molecule has 1 aromatic carbocycles. The Balaban J connectivity index is 1.19. The summed E-state index contributed by atoms with van der Waals surface area (Å²) in [6.07, 6.45) is 7.49. The molecule has 6 nitrogen and oxygen atoms in total. The van der Waals surface area contributed by atoms with Crippen molar-refractivity contribution in [1.29, 1.82) is 0 Å². The molecule has 31 heavy (non-hydrogen) atoms. The van der Waals surface area contributed by atoms with E-state index in [9.17, 15) is 13.2 Å². The molecule has 0 spiro atoms. The Hall–Kier alpha value is -1.15. The van der Waals surface area contributed by atoms with Gasteiger partial charge in [-0.3, -0.25) is 9.69 Å². The number of nitrogens with zero attached hydrogens (tertiary/aromatic N) is 2. The zero-order valence-corrected chi connectivity index (χ0v) is 19.7. The van der Waals surface area contributed by atoms with E-state index >= 15 is 0 Å². The van der Waals surface area contributed by atoms with Crippen LogP contribution in [0.3, 0.4) is 0 Å². The number of carbonyl (C=O) groups is 1. The number of hydrogen-bond donors (Lipinski definition) is 1. The van der Waals surface area contributed by atoms with Gasteiger partial charge >= 0.3 is 0 Å². The second-order valence-corrected chi connectivity index (χ2v) is 12.6. The van der Waals surface area contributed by atoms with Gasteiger partial charge < -0.3 is 5.32 Å². The van der Waals surface area contributed by atoms with Gasteiger partial charge in [-0.05, 0) is 81.4 Å². The van der Waals surface area contributed by atoms with E-state index in [-0.39, 0.29) is 22.4 Å². The van der Waals surface area contributed by atoms with E-state index in [0.717, 1.165) is 37.0 Å². The van der Waals surface area contributed by atoms with Gasteiger partial charge in [-0.25, -0.2) is 8.42 Å². The Bertz CT molecular complexity index is 923. The third kappa shape index (κ3) is 4.14. The highest BCUT2D eigenvalue weighted by Gasteiger charge is 2.52. The molecule has 1 N–H and O–H groups in total. The molecule has 1 atom stereocenters. The van der Waals surface area contributed by atoms with Gasteiger partial charge in [0.1, 0.15) is 0 Å². The van der Waals surface area contributed by atoms with E-state index in [0.29, 0.717) is 31.2 Å². The fraction of sp³-hybridized carbons (Fsp3) is 0.696. The number of rotatable bonds is 5. The lowest BCUT2D eigenvalue weighted by Crippen LogP contribution is -2.63. The van der Waals surface area contributed by atoms with Crippen molar-refractivity contribution in [3.63, 3.8) is 0 Å². The van der Waals surface area contributed by atoms with Crippen LogP contribution in [-0.2, 0) is 14.8 Å². The average Bonchev–Trinajstić information content (AvgIpc) is 2.72. The summed E-state index contributed by atoms with van der Waals surface area (Å²) >= 11 is 5.98. The number of sulfonamides is 1. The average molecular weight is 466 g/mol. The van der Waals surface area contributed by atoms with Crippen LogP contribution in [0.5, 0.6) is 0 Å². The molecule has 0 radical (unpaired) electrons. The zero-order valence-electron chi connectivity index (χ0n) is 18.1. The van der Waals surface area contributed by atoms with Crippen molar-refractivity contribution in [2.45, 2.75) is 61.9 Å². The van der Waals surface area contributed by atoms with Crippen molar-refractivity contribution in [3.8, 4) is 0 Å². The van der Waals surface area contributed by atoms with Gasteiger partial charge in [-0.2, -0.15) is 4.31 Å². The van der Waals surface area contributed by atoms with Gasteiger partial charge in [0.25, 0.3) is 0 Å². The fourth-order valence-corrected chi connectivity index (χ4v) is 8.63. The number of piperazine rings is 1. The summed E-state index contributed by atoms with van der Waals surface area (Å²) < 4.78 is 27.4. The number of hydrogen-bond acceptors (Lipinski definition) is 4. The Morgan fingerprint density at radius 1 is 1.06 bits per heavy atom. The molecule has 4 bridgehead atoms. The molecule has 1 heterocycles. The van der Waals surface area contributed by atoms with Crippen molar-refractivity contribution in [1.82, 2.24) is 14.5 Å². The highest BCUT2D eigenvalue weighted by atomic mass is 35.5. The second kappa shape index (κ2) is 8.01. The van der Waals surface area contributed by atoms with Gasteiger partial charge in [0.15, 0.2) is 0 Å². The molecule has 170 valence electrons. The minimum atomic E-state index is -3.57. The highest BCUT2D eigenvalue weighted by molar-refractivity contribution is 7.89. The summed E-state index contributed by atoms with van der Waals surface area (Å²) in [6.45, 7) is 3.81. The van der Waals surface area contributed by atoms with Crippen molar-refractivity contribution in [2.24, 2.45) is 17.8 Å². The number of nitrogens with one attached hydrogen (secondary N) is 1. The minimum absolute atomic E-state index is 0.0117. The lowest BCUT2D eigenvalue weighted by atomic mass is 9.53. The minimum Gasteiger partial charge on any atom is -0.349 e. The molecule has 0 unspecified atom stereocenters. The topological polar surface area (TPSA) is 69.7 Å². The first kappa shape index (κ1) is 21.7. The smallest absolute Gasteiger partial charge is 0.243 e. The van der Waals surface area contributed by atoms with Crippen LogP contribution in [0.1, 0.15) is 45.4 Å². The Labute approximate surface area is 190 Å². The molecule has 1 aromatic rings. The van der Waals surface area contributed by atoms with E-state index in [4.69, 9.17) is 11.6 Å². The maximum Gasteiger partial charge on any atom is 0.243 e. The SMILES string of the molecule is C[C@H](C(=O)NC12CC3CC(CC(C3)C1)C2)N1CCN(S(=O)(=O)c2cccc(Cl)c2)CC1. The van der Waals surface area contributed by atoms with E-state index in [2.05, 4.69) is 10.2 Å². The van der Waals surface area contributed by atoms with E-state index in [1.807, 2.05) is 6.92 Å². The third-order valence-corrected chi connectivity index (χ3v) is 10.2. The normalized spacial score (nSPS) is 34.6. The molecular weight excluding hydrogens is 434 g/mol. The molecular formula is C23H32ClN3O3S. The van der Waals surface area contributed by atoms with E-state index in [1.165, 1.54) is 29.6 Å². The molecule has 4 saturated carbocycles. The highest BCUT2D eigenvalue weighted by Crippen LogP contribution is 2.55. The molecule has 1 amide bonds. The largest absolute Gasteiger partial charge is 0.349 e. The van der Waals surface area contributed by atoms with Crippen LogP contribution in [0.4, 0.5) is 0 Å². The van der Waals surface area contributed by atoms with Gasteiger partial charge in [-0.1, -0.05) is 17.7 Å². The first-order valence-corrected chi connectivity index (χ1v) is 13.4. The maximum absolute atomic E-state index is 13.2. The van der Waals surface area contributed by atoms with Crippen LogP contribution in [-0.4, -0.2) is 61.3 Å². The summed E-state index contributed by atoms with van der Waals surface area (Å²) in [5.74, 6) is 2.49. The van der Waals surface area contributed by atoms with Crippen LogP contribution in [0.2, 0.25) is 5.02 Å².